The highest BCUT2D eigenvalue weighted by Crippen LogP contribution is 2.28. The van der Waals surface area contributed by atoms with Crippen molar-refractivity contribution in [3.05, 3.63) is 102 Å². The highest BCUT2D eigenvalue weighted by molar-refractivity contribution is 5.87. The van der Waals surface area contributed by atoms with Crippen molar-refractivity contribution < 1.29 is 4.79 Å². The third-order valence-electron chi connectivity index (χ3n) is 5.50. The molecule has 0 atom stereocenters. The van der Waals surface area contributed by atoms with Crippen LogP contribution in [0.3, 0.4) is 0 Å². The van der Waals surface area contributed by atoms with Crippen LogP contribution in [0.1, 0.15) is 22.6 Å². The average Bonchev–Trinajstić information content (AvgIpc) is 2.76. The molecule has 3 aromatic carbocycles. The van der Waals surface area contributed by atoms with Gasteiger partial charge in [-0.2, -0.15) is 0 Å². The van der Waals surface area contributed by atoms with Crippen molar-refractivity contribution >= 4 is 11.6 Å². The standard InChI is InChI=1S/C25H26N2O/c1-20-12-14-23(15-13-20)26-16-18-27(19-17-26)25(28)24(21-8-4-2-5-9-21)22-10-6-3-7-11-22/h2-15,24H,16-19H2,1H3. The van der Waals surface area contributed by atoms with Crippen LogP contribution in [0.2, 0.25) is 0 Å². The monoisotopic (exact) mass is 370 g/mol. The van der Waals surface area contributed by atoms with E-state index < -0.39 is 0 Å². The zero-order valence-corrected chi connectivity index (χ0v) is 16.3. The van der Waals surface area contributed by atoms with E-state index in [1.54, 1.807) is 0 Å². The van der Waals surface area contributed by atoms with Crippen LogP contribution >= 0.6 is 0 Å². The van der Waals surface area contributed by atoms with Gasteiger partial charge in [-0.1, -0.05) is 78.4 Å². The molecule has 3 aromatic rings. The molecule has 0 unspecified atom stereocenters. The molecule has 0 saturated carbocycles. The molecule has 4 rings (SSSR count). The summed E-state index contributed by atoms with van der Waals surface area (Å²) >= 11 is 0. The van der Waals surface area contributed by atoms with E-state index in [0.717, 1.165) is 37.3 Å². The summed E-state index contributed by atoms with van der Waals surface area (Å²) in [5.74, 6) is -0.0470. The van der Waals surface area contributed by atoms with Gasteiger partial charge >= 0.3 is 0 Å². The van der Waals surface area contributed by atoms with Gasteiger partial charge in [-0.3, -0.25) is 4.79 Å². The Morgan fingerprint density at radius 1 is 0.714 bits per heavy atom. The molecule has 1 fully saturated rings. The van der Waals surface area contributed by atoms with E-state index in [4.69, 9.17) is 0 Å². The van der Waals surface area contributed by atoms with Crippen molar-refractivity contribution in [2.45, 2.75) is 12.8 Å². The van der Waals surface area contributed by atoms with Crippen LogP contribution in [0.25, 0.3) is 0 Å². The number of nitrogens with zero attached hydrogens (tertiary/aromatic N) is 2. The van der Waals surface area contributed by atoms with Crippen molar-refractivity contribution in [1.82, 2.24) is 4.90 Å². The maximum atomic E-state index is 13.5. The van der Waals surface area contributed by atoms with E-state index in [-0.39, 0.29) is 11.8 Å². The van der Waals surface area contributed by atoms with Gasteiger partial charge in [0, 0.05) is 31.9 Å². The Kier molecular flexibility index (Phi) is 5.43. The molecule has 0 N–H and O–H groups in total. The molecule has 0 spiro atoms. The summed E-state index contributed by atoms with van der Waals surface area (Å²) in [7, 11) is 0. The largest absolute Gasteiger partial charge is 0.368 e. The smallest absolute Gasteiger partial charge is 0.234 e. The molecule has 1 aliphatic rings. The third kappa shape index (κ3) is 3.94. The van der Waals surface area contributed by atoms with Gasteiger partial charge in [-0.15, -0.1) is 0 Å². The molecular weight excluding hydrogens is 344 g/mol. The van der Waals surface area contributed by atoms with Gasteiger partial charge in [0.25, 0.3) is 0 Å². The van der Waals surface area contributed by atoms with Gasteiger partial charge in [-0.05, 0) is 30.2 Å². The molecule has 1 heterocycles. The first-order valence-corrected chi connectivity index (χ1v) is 9.93. The van der Waals surface area contributed by atoms with Crippen LogP contribution < -0.4 is 4.90 Å². The molecule has 0 radical (unpaired) electrons. The lowest BCUT2D eigenvalue weighted by molar-refractivity contribution is -0.132. The lowest BCUT2D eigenvalue weighted by Gasteiger charge is -2.37. The Bertz CT molecular complexity index is 859. The molecular formula is C25H26N2O. The Morgan fingerprint density at radius 2 is 1.21 bits per heavy atom. The molecule has 0 aromatic heterocycles. The number of hydrogen-bond acceptors (Lipinski definition) is 2. The van der Waals surface area contributed by atoms with Gasteiger partial charge in [0.15, 0.2) is 0 Å². The molecule has 1 aliphatic heterocycles. The third-order valence-corrected chi connectivity index (χ3v) is 5.50. The molecule has 1 saturated heterocycles. The van der Waals surface area contributed by atoms with E-state index in [1.165, 1.54) is 11.3 Å². The van der Waals surface area contributed by atoms with Gasteiger partial charge in [0.2, 0.25) is 5.91 Å². The lowest BCUT2D eigenvalue weighted by Crippen LogP contribution is -2.50. The molecule has 0 bridgehead atoms. The quantitative estimate of drug-likeness (QED) is 0.676. The van der Waals surface area contributed by atoms with Crippen LogP contribution in [-0.2, 0) is 4.79 Å². The minimum atomic E-state index is -0.242. The fourth-order valence-electron chi connectivity index (χ4n) is 3.89. The lowest BCUT2D eigenvalue weighted by atomic mass is 9.90. The minimum Gasteiger partial charge on any atom is -0.368 e. The predicted octanol–water partition coefficient (Wildman–Crippen LogP) is 4.48. The fourth-order valence-corrected chi connectivity index (χ4v) is 3.89. The van der Waals surface area contributed by atoms with Crippen molar-refractivity contribution in [2.75, 3.05) is 31.1 Å². The van der Waals surface area contributed by atoms with E-state index in [0.29, 0.717) is 0 Å². The summed E-state index contributed by atoms with van der Waals surface area (Å²) in [6.45, 7) is 5.34. The van der Waals surface area contributed by atoms with Crippen LogP contribution in [0.4, 0.5) is 5.69 Å². The number of carbonyl (C=O) groups is 1. The molecule has 28 heavy (non-hydrogen) atoms. The van der Waals surface area contributed by atoms with Gasteiger partial charge in [-0.25, -0.2) is 0 Å². The number of anilines is 1. The minimum absolute atomic E-state index is 0.195. The summed E-state index contributed by atoms with van der Waals surface area (Å²) in [6, 6.07) is 28.9. The number of carbonyl (C=O) groups excluding carboxylic acids is 1. The van der Waals surface area contributed by atoms with Gasteiger partial charge in [0.1, 0.15) is 0 Å². The normalized spacial score (nSPS) is 14.4. The number of hydrogen-bond donors (Lipinski definition) is 0. The highest BCUT2D eigenvalue weighted by Gasteiger charge is 2.29. The molecule has 0 aliphatic carbocycles. The SMILES string of the molecule is Cc1ccc(N2CCN(C(=O)C(c3ccccc3)c3ccccc3)CC2)cc1. The molecule has 142 valence electrons. The summed E-state index contributed by atoms with van der Waals surface area (Å²) in [5.41, 5.74) is 4.62. The topological polar surface area (TPSA) is 23.6 Å². The highest BCUT2D eigenvalue weighted by atomic mass is 16.2. The number of piperazine rings is 1. The first kappa shape index (κ1) is 18.3. The Hall–Kier alpha value is -3.07. The first-order chi connectivity index (χ1) is 13.7. The van der Waals surface area contributed by atoms with Crippen molar-refractivity contribution in [3.63, 3.8) is 0 Å². The zero-order chi connectivity index (χ0) is 19.3. The summed E-state index contributed by atoms with van der Waals surface area (Å²) in [4.78, 5) is 17.9. The van der Waals surface area contributed by atoms with E-state index >= 15 is 0 Å². The van der Waals surface area contributed by atoms with Crippen LogP contribution in [0.5, 0.6) is 0 Å². The van der Waals surface area contributed by atoms with E-state index in [9.17, 15) is 4.79 Å². The predicted molar refractivity (Wildman–Crippen MR) is 115 cm³/mol. The maximum absolute atomic E-state index is 13.5. The van der Waals surface area contributed by atoms with Crippen LogP contribution in [0, 0.1) is 6.92 Å². The average molecular weight is 370 g/mol. The first-order valence-electron chi connectivity index (χ1n) is 9.93. The molecule has 3 heteroatoms. The fraction of sp³-hybridized carbons (Fsp3) is 0.240. The summed E-state index contributed by atoms with van der Waals surface area (Å²) in [6.07, 6.45) is 0. The van der Waals surface area contributed by atoms with Crippen molar-refractivity contribution in [1.29, 1.82) is 0 Å². The van der Waals surface area contributed by atoms with E-state index in [2.05, 4.69) is 60.4 Å². The van der Waals surface area contributed by atoms with Crippen LogP contribution in [0.15, 0.2) is 84.9 Å². The molecule has 3 nitrogen and oxygen atoms in total. The Labute approximate surface area is 167 Å². The number of aryl methyl sites for hydroxylation is 1. The number of rotatable bonds is 4. The summed E-state index contributed by atoms with van der Waals surface area (Å²) in [5, 5.41) is 0. The van der Waals surface area contributed by atoms with Crippen LogP contribution in [-0.4, -0.2) is 37.0 Å². The number of benzene rings is 3. The second kappa shape index (κ2) is 8.30. The second-order valence-corrected chi connectivity index (χ2v) is 7.40. The van der Waals surface area contributed by atoms with Crippen molar-refractivity contribution in [2.24, 2.45) is 0 Å². The molecule has 1 amide bonds. The maximum Gasteiger partial charge on any atom is 0.234 e. The summed E-state index contributed by atoms with van der Waals surface area (Å²) < 4.78 is 0. The zero-order valence-electron chi connectivity index (χ0n) is 16.3. The van der Waals surface area contributed by atoms with Gasteiger partial charge in [0.05, 0.1) is 5.92 Å². The van der Waals surface area contributed by atoms with Gasteiger partial charge < -0.3 is 9.80 Å². The Morgan fingerprint density at radius 3 is 1.71 bits per heavy atom. The van der Waals surface area contributed by atoms with E-state index in [1.807, 2.05) is 41.3 Å². The van der Waals surface area contributed by atoms with Crippen molar-refractivity contribution in [3.8, 4) is 0 Å². The number of amides is 1. The second-order valence-electron chi connectivity index (χ2n) is 7.40. The Balaban J connectivity index is 1.51.